The van der Waals surface area contributed by atoms with Crippen molar-refractivity contribution in [3.8, 4) is 5.75 Å². The van der Waals surface area contributed by atoms with Gasteiger partial charge < -0.3 is 14.8 Å². The predicted molar refractivity (Wildman–Crippen MR) is 73.7 cm³/mol. The summed E-state index contributed by atoms with van der Waals surface area (Å²) in [6.07, 6.45) is 0.359. The van der Waals surface area contributed by atoms with Crippen LogP contribution in [0.4, 0.5) is 4.39 Å². The third-order valence-electron chi connectivity index (χ3n) is 3.38. The molecule has 5 heteroatoms. The maximum absolute atomic E-state index is 14.9. The van der Waals surface area contributed by atoms with Crippen LogP contribution < -0.4 is 10.1 Å². The summed E-state index contributed by atoms with van der Waals surface area (Å²) < 4.78 is 25.3. The van der Waals surface area contributed by atoms with Crippen molar-refractivity contribution in [1.29, 1.82) is 0 Å². The van der Waals surface area contributed by atoms with Gasteiger partial charge in [-0.15, -0.1) is 0 Å². The summed E-state index contributed by atoms with van der Waals surface area (Å²) in [5.74, 6) is 0.496. The van der Waals surface area contributed by atoms with E-state index in [0.717, 1.165) is 6.54 Å². The van der Waals surface area contributed by atoms with Crippen molar-refractivity contribution in [2.24, 2.45) is 0 Å². The van der Waals surface area contributed by atoms with E-state index in [9.17, 15) is 4.39 Å². The number of hydrogen-bond donors (Lipinski definition) is 1. The van der Waals surface area contributed by atoms with Crippen LogP contribution in [0, 0.1) is 0 Å². The van der Waals surface area contributed by atoms with Crippen molar-refractivity contribution in [3.63, 3.8) is 0 Å². The third-order valence-corrected chi connectivity index (χ3v) is 3.69. The Labute approximate surface area is 118 Å². The molecule has 0 spiro atoms. The molecule has 1 heterocycles. The van der Waals surface area contributed by atoms with Crippen LogP contribution in [0.2, 0.25) is 5.02 Å². The Morgan fingerprint density at radius 3 is 3.00 bits per heavy atom. The largest absolute Gasteiger partial charge is 0.495 e. The van der Waals surface area contributed by atoms with E-state index in [1.165, 1.54) is 7.11 Å². The van der Waals surface area contributed by atoms with E-state index in [-0.39, 0.29) is 6.04 Å². The number of nitrogens with one attached hydrogen (secondary N) is 1. The van der Waals surface area contributed by atoms with E-state index >= 15 is 0 Å². The number of alkyl halides is 1. The molecule has 2 atom stereocenters. The van der Waals surface area contributed by atoms with Crippen molar-refractivity contribution in [1.82, 2.24) is 5.32 Å². The van der Waals surface area contributed by atoms with Gasteiger partial charge in [0.1, 0.15) is 11.4 Å². The molecular weight excluding hydrogens is 269 g/mol. The lowest BCUT2D eigenvalue weighted by Crippen LogP contribution is -2.44. The fourth-order valence-corrected chi connectivity index (χ4v) is 2.51. The summed E-state index contributed by atoms with van der Waals surface area (Å²) in [6, 6.07) is 5.06. The Kier molecular flexibility index (Phi) is 4.66. The summed E-state index contributed by atoms with van der Waals surface area (Å²) in [7, 11) is 1.52. The molecule has 0 saturated carbocycles. The van der Waals surface area contributed by atoms with Crippen LogP contribution in [-0.4, -0.2) is 32.9 Å². The van der Waals surface area contributed by atoms with Gasteiger partial charge in [-0.25, -0.2) is 4.39 Å². The van der Waals surface area contributed by atoms with Gasteiger partial charge in [0.2, 0.25) is 0 Å². The molecule has 1 aromatic rings. The minimum atomic E-state index is -1.45. The molecule has 0 amide bonds. The van der Waals surface area contributed by atoms with Crippen LogP contribution in [0.3, 0.4) is 0 Å². The number of methoxy groups -OCH3 is 1. The summed E-state index contributed by atoms with van der Waals surface area (Å²) >= 11 is 5.96. The van der Waals surface area contributed by atoms with E-state index in [0.29, 0.717) is 36.0 Å². The normalized spacial score (nSPS) is 22.8. The Balaban J connectivity index is 2.13. The van der Waals surface area contributed by atoms with Gasteiger partial charge in [-0.1, -0.05) is 17.7 Å². The molecule has 1 saturated heterocycles. The highest BCUT2D eigenvalue weighted by Crippen LogP contribution is 2.35. The number of ether oxygens (including phenoxy) is 2. The first-order chi connectivity index (χ1) is 9.03. The molecule has 1 aliphatic rings. The van der Waals surface area contributed by atoms with Crippen molar-refractivity contribution in [2.45, 2.75) is 25.1 Å². The van der Waals surface area contributed by atoms with Gasteiger partial charge in [-0.05, 0) is 24.6 Å². The van der Waals surface area contributed by atoms with Gasteiger partial charge in [0, 0.05) is 19.0 Å². The van der Waals surface area contributed by atoms with Crippen LogP contribution >= 0.6 is 11.6 Å². The monoisotopic (exact) mass is 287 g/mol. The molecule has 0 radical (unpaired) electrons. The SMILES string of the molecule is COc1cc(C(C)(F)CC2COCCN2)ccc1Cl. The molecule has 0 aliphatic carbocycles. The Morgan fingerprint density at radius 1 is 1.58 bits per heavy atom. The van der Waals surface area contributed by atoms with Crippen molar-refractivity contribution in [2.75, 3.05) is 26.9 Å². The fourth-order valence-electron chi connectivity index (χ4n) is 2.32. The highest BCUT2D eigenvalue weighted by molar-refractivity contribution is 6.32. The van der Waals surface area contributed by atoms with Gasteiger partial charge in [0.05, 0.1) is 25.3 Å². The summed E-state index contributed by atoms with van der Waals surface area (Å²) in [6.45, 7) is 3.58. The van der Waals surface area contributed by atoms with Gasteiger partial charge in [-0.3, -0.25) is 0 Å². The molecule has 1 aliphatic heterocycles. The number of rotatable bonds is 4. The van der Waals surface area contributed by atoms with Gasteiger partial charge in [0.15, 0.2) is 0 Å². The van der Waals surface area contributed by atoms with E-state index in [1.807, 2.05) is 0 Å². The van der Waals surface area contributed by atoms with Crippen molar-refractivity contribution < 1.29 is 13.9 Å². The number of hydrogen-bond acceptors (Lipinski definition) is 3. The van der Waals surface area contributed by atoms with E-state index in [2.05, 4.69) is 5.32 Å². The molecular formula is C14H19ClFNO2. The van der Waals surface area contributed by atoms with Crippen LogP contribution in [0.1, 0.15) is 18.9 Å². The minimum absolute atomic E-state index is 0.0328. The van der Waals surface area contributed by atoms with Crippen LogP contribution in [0.25, 0.3) is 0 Å². The quantitative estimate of drug-likeness (QED) is 0.924. The van der Waals surface area contributed by atoms with E-state index in [4.69, 9.17) is 21.1 Å². The van der Waals surface area contributed by atoms with Gasteiger partial charge in [0.25, 0.3) is 0 Å². The number of benzene rings is 1. The zero-order valence-electron chi connectivity index (χ0n) is 11.2. The molecule has 1 fully saturated rings. The second-order valence-electron chi connectivity index (χ2n) is 4.98. The Bertz CT molecular complexity index is 433. The molecule has 0 aromatic heterocycles. The second-order valence-corrected chi connectivity index (χ2v) is 5.38. The first-order valence-electron chi connectivity index (χ1n) is 6.37. The lowest BCUT2D eigenvalue weighted by atomic mass is 9.90. The lowest BCUT2D eigenvalue weighted by molar-refractivity contribution is 0.0474. The Hall–Kier alpha value is -0.840. The van der Waals surface area contributed by atoms with Crippen LogP contribution in [-0.2, 0) is 10.4 Å². The lowest BCUT2D eigenvalue weighted by Gasteiger charge is -2.30. The predicted octanol–water partition coefficient (Wildman–Crippen LogP) is 2.91. The van der Waals surface area contributed by atoms with Crippen molar-refractivity contribution in [3.05, 3.63) is 28.8 Å². The first kappa shape index (κ1) is 14.6. The summed E-state index contributed by atoms with van der Waals surface area (Å²) in [5.41, 5.74) is -0.878. The fraction of sp³-hybridized carbons (Fsp3) is 0.571. The first-order valence-corrected chi connectivity index (χ1v) is 6.75. The standard InChI is InChI=1S/C14H19ClFNO2/c1-14(16,8-11-9-19-6-5-17-11)10-3-4-12(15)13(7-10)18-2/h3-4,7,11,17H,5-6,8-9H2,1-2H3. The second kappa shape index (κ2) is 6.07. The van der Waals surface area contributed by atoms with Gasteiger partial charge >= 0.3 is 0 Å². The molecule has 1 aromatic carbocycles. The molecule has 0 bridgehead atoms. The Morgan fingerprint density at radius 2 is 2.37 bits per heavy atom. The highest BCUT2D eigenvalue weighted by atomic mass is 35.5. The maximum atomic E-state index is 14.9. The number of morpholine rings is 1. The minimum Gasteiger partial charge on any atom is -0.495 e. The van der Waals surface area contributed by atoms with E-state index < -0.39 is 5.67 Å². The average Bonchev–Trinajstić information content (AvgIpc) is 2.39. The zero-order valence-corrected chi connectivity index (χ0v) is 12.0. The molecule has 2 rings (SSSR count). The maximum Gasteiger partial charge on any atom is 0.137 e. The summed E-state index contributed by atoms with van der Waals surface area (Å²) in [4.78, 5) is 0. The molecule has 106 valence electrons. The topological polar surface area (TPSA) is 30.5 Å². The van der Waals surface area contributed by atoms with Gasteiger partial charge in [-0.2, -0.15) is 0 Å². The molecule has 2 unspecified atom stereocenters. The van der Waals surface area contributed by atoms with E-state index in [1.54, 1.807) is 25.1 Å². The van der Waals surface area contributed by atoms with Crippen LogP contribution in [0.5, 0.6) is 5.75 Å². The molecule has 19 heavy (non-hydrogen) atoms. The summed E-state index contributed by atoms with van der Waals surface area (Å²) in [5, 5.41) is 3.75. The van der Waals surface area contributed by atoms with Crippen LogP contribution in [0.15, 0.2) is 18.2 Å². The average molecular weight is 288 g/mol. The zero-order chi connectivity index (χ0) is 13.9. The van der Waals surface area contributed by atoms with Crippen molar-refractivity contribution >= 4 is 11.6 Å². The number of halogens is 2. The molecule has 1 N–H and O–H groups in total. The third kappa shape index (κ3) is 3.59. The molecule has 3 nitrogen and oxygen atoms in total. The highest BCUT2D eigenvalue weighted by Gasteiger charge is 2.31. The smallest absolute Gasteiger partial charge is 0.137 e.